The van der Waals surface area contributed by atoms with Crippen LogP contribution in [0.4, 0.5) is 11.4 Å². The summed E-state index contributed by atoms with van der Waals surface area (Å²) in [6.45, 7) is 1.91. The molecular formula is C24H21ClN2O2S. The number of nitrogens with one attached hydrogen (secondary N) is 2. The lowest BCUT2D eigenvalue weighted by Crippen LogP contribution is -2.14. The molecule has 0 aliphatic carbocycles. The molecule has 2 N–H and O–H groups in total. The average Bonchev–Trinajstić information content (AvgIpc) is 2.74. The van der Waals surface area contributed by atoms with Gasteiger partial charge in [0.2, 0.25) is 11.8 Å². The highest BCUT2D eigenvalue weighted by Crippen LogP contribution is 2.24. The van der Waals surface area contributed by atoms with Gasteiger partial charge < -0.3 is 10.6 Å². The van der Waals surface area contributed by atoms with Crippen LogP contribution in [0.2, 0.25) is 5.02 Å². The summed E-state index contributed by atoms with van der Waals surface area (Å²) in [7, 11) is 0. The summed E-state index contributed by atoms with van der Waals surface area (Å²) in [5.41, 5.74) is 3.29. The van der Waals surface area contributed by atoms with E-state index in [1.165, 1.54) is 17.8 Å². The molecule has 6 heteroatoms. The zero-order chi connectivity index (χ0) is 21.3. The van der Waals surface area contributed by atoms with E-state index < -0.39 is 0 Å². The van der Waals surface area contributed by atoms with Crippen molar-refractivity contribution in [3.8, 4) is 0 Å². The molecule has 0 saturated heterocycles. The molecule has 0 spiro atoms. The van der Waals surface area contributed by atoms with Crippen LogP contribution < -0.4 is 10.6 Å². The van der Waals surface area contributed by atoms with E-state index >= 15 is 0 Å². The largest absolute Gasteiger partial charge is 0.325 e. The number of carbonyl (C=O) groups excluding carboxylic acids is 2. The predicted octanol–water partition coefficient (Wildman–Crippen LogP) is 6.03. The lowest BCUT2D eigenvalue weighted by atomic mass is 10.2. The molecule has 0 aliphatic rings. The van der Waals surface area contributed by atoms with Crippen molar-refractivity contribution in [1.29, 1.82) is 0 Å². The van der Waals surface area contributed by atoms with Crippen molar-refractivity contribution in [2.24, 2.45) is 0 Å². The van der Waals surface area contributed by atoms with Crippen molar-refractivity contribution >= 4 is 52.6 Å². The topological polar surface area (TPSA) is 58.2 Å². The SMILES string of the molecule is Cc1ccc(Cl)cc1NC(=O)CSc1cccc(NC(=O)/C=C/c2ccccc2)c1. The standard InChI is InChI=1S/C24H21ClN2O2S/c1-17-10-12-19(25)14-22(17)27-24(29)16-30-21-9-5-8-20(15-21)26-23(28)13-11-18-6-3-2-4-7-18/h2-15H,16H2,1H3,(H,26,28)(H,27,29)/b13-11+. The van der Waals surface area contributed by atoms with Gasteiger partial charge in [0.15, 0.2) is 0 Å². The molecular weight excluding hydrogens is 416 g/mol. The summed E-state index contributed by atoms with van der Waals surface area (Å²) in [5, 5.41) is 6.29. The second-order valence-electron chi connectivity index (χ2n) is 6.56. The van der Waals surface area contributed by atoms with Crippen LogP contribution >= 0.6 is 23.4 Å². The molecule has 0 aromatic heterocycles. The van der Waals surface area contributed by atoms with E-state index in [4.69, 9.17) is 11.6 Å². The van der Waals surface area contributed by atoms with E-state index in [0.717, 1.165) is 16.0 Å². The molecule has 3 rings (SSSR count). The Kier molecular flexibility index (Phi) is 7.71. The van der Waals surface area contributed by atoms with Crippen LogP contribution in [0.15, 0.2) is 83.8 Å². The first-order chi connectivity index (χ1) is 14.5. The molecule has 4 nitrogen and oxygen atoms in total. The van der Waals surface area contributed by atoms with E-state index in [9.17, 15) is 9.59 Å². The van der Waals surface area contributed by atoms with E-state index in [1.807, 2.05) is 67.6 Å². The third-order valence-electron chi connectivity index (χ3n) is 4.17. The number of aryl methyl sites for hydroxylation is 1. The molecule has 0 fully saturated rings. The lowest BCUT2D eigenvalue weighted by Gasteiger charge is -2.09. The second kappa shape index (κ2) is 10.7. The maximum Gasteiger partial charge on any atom is 0.248 e. The van der Waals surface area contributed by atoms with E-state index in [1.54, 1.807) is 18.2 Å². The van der Waals surface area contributed by atoms with E-state index in [2.05, 4.69) is 10.6 Å². The summed E-state index contributed by atoms with van der Waals surface area (Å²) in [6.07, 6.45) is 3.26. The monoisotopic (exact) mass is 436 g/mol. The normalized spacial score (nSPS) is 10.7. The lowest BCUT2D eigenvalue weighted by molar-refractivity contribution is -0.114. The van der Waals surface area contributed by atoms with Crippen LogP contribution in [0.25, 0.3) is 6.08 Å². The van der Waals surface area contributed by atoms with E-state index in [-0.39, 0.29) is 17.6 Å². The minimum absolute atomic E-state index is 0.120. The maximum absolute atomic E-state index is 12.3. The fraction of sp³-hybridized carbons (Fsp3) is 0.0833. The first kappa shape index (κ1) is 21.7. The first-order valence-electron chi connectivity index (χ1n) is 9.32. The van der Waals surface area contributed by atoms with Crippen LogP contribution in [-0.4, -0.2) is 17.6 Å². The number of thioether (sulfide) groups is 1. The minimum Gasteiger partial charge on any atom is -0.325 e. The number of hydrogen-bond donors (Lipinski definition) is 2. The Morgan fingerprint density at radius 2 is 1.77 bits per heavy atom. The van der Waals surface area contributed by atoms with Gasteiger partial charge in [-0.2, -0.15) is 0 Å². The molecule has 0 unspecified atom stereocenters. The van der Waals surface area contributed by atoms with Gasteiger partial charge in [-0.3, -0.25) is 9.59 Å². The highest BCUT2D eigenvalue weighted by atomic mass is 35.5. The first-order valence-corrected chi connectivity index (χ1v) is 10.7. The van der Waals surface area contributed by atoms with Gasteiger partial charge >= 0.3 is 0 Å². The molecule has 3 aromatic carbocycles. The molecule has 152 valence electrons. The molecule has 0 atom stereocenters. The molecule has 0 aliphatic heterocycles. The van der Waals surface area contributed by atoms with Crippen molar-refractivity contribution in [2.45, 2.75) is 11.8 Å². The summed E-state index contributed by atoms with van der Waals surface area (Å²) in [5.74, 6) is -0.0853. The van der Waals surface area contributed by atoms with Gasteiger partial charge in [0, 0.05) is 27.4 Å². The molecule has 2 amide bonds. The second-order valence-corrected chi connectivity index (χ2v) is 8.04. The third-order valence-corrected chi connectivity index (χ3v) is 5.40. The zero-order valence-corrected chi connectivity index (χ0v) is 18.0. The van der Waals surface area contributed by atoms with Gasteiger partial charge in [0.1, 0.15) is 0 Å². The minimum atomic E-state index is -0.213. The summed E-state index contributed by atoms with van der Waals surface area (Å²) in [4.78, 5) is 25.3. The Balaban J connectivity index is 1.53. The van der Waals surface area contributed by atoms with Gasteiger partial charge in [-0.1, -0.05) is 54.1 Å². The maximum atomic E-state index is 12.3. The quantitative estimate of drug-likeness (QED) is 0.351. The Hall–Kier alpha value is -3.02. The molecule has 0 heterocycles. The number of anilines is 2. The van der Waals surface area contributed by atoms with Gasteiger partial charge in [-0.15, -0.1) is 11.8 Å². The molecule has 0 saturated carbocycles. The highest BCUT2D eigenvalue weighted by molar-refractivity contribution is 8.00. The number of carbonyl (C=O) groups is 2. The van der Waals surface area contributed by atoms with Gasteiger partial charge in [0.05, 0.1) is 5.75 Å². The Bertz CT molecular complexity index is 1070. The van der Waals surface area contributed by atoms with Crippen LogP contribution in [0.1, 0.15) is 11.1 Å². The summed E-state index contributed by atoms with van der Waals surface area (Å²) in [6, 6.07) is 22.4. The van der Waals surface area contributed by atoms with Crippen molar-refractivity contribution in [3.05, 3.63) is 95.0 Å². The van der Waals surface area contributed by atoms with Gasteiger partial charge in [0.25, 0.3) is 0 Å². The van der Waals surface area contributed by atoms with Crippen molar-refractivity contribution in [1.82, 2.24) is 0 Å². The Morgan fingerprint density at radius 3 is 2.57 bits per heavy atom. The Morgan fingerprint density at radius 1 is 0.967 bits per heavy atom. The van der Waals surface area contributed by atoms with Crippen molar-refractivity contribution < 1.29 is 9.59 Å². The van der Waals surface area contributed by atoms with E-state index in [0.29, 0.717) is 16.4 Å². The van der Waals surface area contributed by atoms with Gasteiger partial charge in [-0.05, 0) is 54.5 Å². The number of amides is 2. The molecule has 30 heavy (non-hydrogen) atoms. The van der Waals surface area contributed by atoms with Crippen molar-refractivity contribution in [2.75, 3.05) is 16.4 Å². The van der Waals surface area contributed by atoms with Crippen LogP contribution in [0.3, 0.4) is 0 Å². The van der Waals surface area contributed by atoms with Crippen LogP contribution in [-0.2, 0) is 9.59 Å². The fourth-order valence-electron chi connectivity index (χ4n) is 2.65. The molecule has 0 bridgehead atoms. The number of rotatable bonds is 7. The molecule has 0 radical (unpaired) electrons. The van der Waals surface area contributed by atoms with Crippen molar-refractivity contribution in [3.63, 3.8) is 0 Å². The highest BCUT2D eigenvalue weighted by Gasteiger charge is 2.07. The third kappa shape index (κ3) is 6.79. The Labute approximate surface area is 185 Å². The average molecular weight is 437 g/mol. The number of hydrogen-bond acceptors (Lipinski definition) is 3. The predicted molar refractivity (Wildman–Crippen MR) is 126 cm³/mol. The fourth-order valence-corrected chi connectivity index (χ4v) is 3.57. The van der Waals surface area contributed by atoms with Gasteiger partial charge in [-0.25, -0.2) is 0 Å². The van der Waals surface area contributed by atoms with Crippen LogP contribution in [0.5, 0.6) is 0 Å². The van der Waals surface area contributed by atoms with Crippen LogP contribution in [0, 0.1) is 6.92 Å². The smallest absolute Gasteiger partial charge is 0.248 e. The molecule has 3 aromatic rings. The number of halogens is 1. The zero-order valence-electron chi connectivity index (χ0n) is 16.4. The summed E-state index contributed by atoms with van der Waals surface area (Å²) < 4.78 is 0. The number of benzene rings is 3. The summed E-state index contributed by atoms with van der Waals surface area (Å²) >= 11 is 7.39.